The number of ketones is 1. The van der Waals surface area contributed by atoms with Crippen LogP contribution in [0.1, 0.15) is 26.2 Å². The highest BCUT2D eigenvalue weighted by molar-refractivity contribution is 7.94. The fraction of sp³-hybridized carbons (Fsp3) is 0.227. The number of benzene rings is 4. The van der Waals surface area contributed by atoms with Gasteiger partial charge in [-0.2, -0.15) is 16.8 Å². The molecule has 0 saturated carbocycles. The molecule has 0 aliphatic carbocycles. The number of Topliss-reactive ketones (excluding diaryl/α,β-unsaturated/α-hetero) is 1. The number of ether oxygens (including phenoxy) is 1. The van der Waals surface area contributed by atoms with Gasteiger partial charge in [0.1, 0.15) is 21.3 Å². The molecule has 0 saturated heterocycles. The lowest BCUT2D eigenvalue weighted by Crippen LogP contribution is -2.06. The summed E-state index contributed by atoms with van der Waals surface area (Å²) in [5.41, 5.74) is 0. The maximum Gasteiger partial charge on any atom is 0.295 e. The average molecular weight is 557 g/mol. The second-order valence-corrected chi connectivity index (χ2v) is 11.4. The fourth-order valence-corrected chi connectivity index (χ4v) is 6.18. The Hall–Kier alpha value is -2.56. The van der Waals surface area contributed by atoms with Crippen molar-refractivity contribution in [3.8, 4) is 5.75 Å². The lowest BCUT2D eigenvalue weighted by atomic mass is 9.93. The van der Waals surface area contributed by atoms with Gasteiger partial charge < -0.3 is 4.74 Å². The third-order valence-corrected chi connectivity index (χ3v) is 8.14. The largest absolute Gasteiger partial charge is 0.493 e. The summed E-state index contributed by atoms with van der Waals surface area (Å²) in [4.78, 5) is 10.8. The Labute approximate surface area is 209 Å². The highest BCUT2D eigenvalue weighted by atomic mass is 32.2. The highest BCUT2D eigenvalue weighted by Crippen LogP contribution is 2.46. The van der Waals surface area contributed by atoms with Crippen molar-refractivity contribution in [2.24, 2.45) is 0 Å². The first-order chi connectivity index (χ1) is 17.0. The predicted octanol–water partition coefficient (Wildman–Crippen LogP) is 4.64. The average Bonchev–Trinajstić information content (AvgIpc) is 2.82. The molecule has 0 heterocycles. The van der Waals surface area contributed by atoms with E-state index in [1.165, 1.54) is 18.2 Å². The molecule has 4 aromatic rings. The molecule has 0 bridgehead atoms. The van der Waals surface area contributed by atoms with E-state index < -0.39 is 30.0 Å². The van der Waals surface area contributed by atoms with Crippen LogP contribution in [0.4, 0.5) is 0 Å². The van der Waals surface area contributed by atoms with Crippen molar-refractivity contribution in [1.29, 1.82) is 0 Å². The highest BCUT2D eigenvalue weighted by Gasteiger charge is 2.26. The maximum absolute atomic E-state index is 12.3. The summed E-state index contributed by atoms with van der Waals surface area (Å²) in [5, 5.41) is 13.6. The predicted molar refractivity (Wildman–Crippen MR) is 130 cm³/mol. The Balaban J connectivity index is 2.05. The van der Waals surface area contributed by atoms with E-state index >= 15 is 0 Å². The molecule has 0 radical (unpaired) electrons. The van der Waals surface area contributed by atoms with Gasteiger partial charge in [0.25, 0.3) is 20.2 Å². The number of carbonyl (C=O) groups excluding carboxylic acids is 1. The third-order valence-electron chi connectivity index (χ3n) is 5.71. The Bertz CT molecular complexity index is 1680. The summed E-state index contributed by atoms with van der Waals surface area (Å²) in [5.74, 6) is 0.138. The molecular formula is C22H20O11S3. The monoisotopic (exact) mass is 556 g/mol. The van der Waals surface area contributed by atoms with Gasteiger partial charge in [-0.3, -0.25) is 13.9 Å². The van der Waals surface area contributed by atoms with Crippen LogP contribution in [0.25, 0.3) is 32.3 Å². The molecule has 0 spiro atoms. The first kappa shape index (κ1) is 26.5. The van der Waals surface area contributed by atoms with Crippen LogP contribution in [0.3, 0.4) is 0 Å². The second-order valence-electron chi connectivity index (χ2n) is 7.84. The van der Waals surface area contributed by atoms with E-state index in [9.17, 15) is 30.7 Å². The van der Waals surface area contributed by atoms with Crippen LogP contribution in [0.15, 0.2) is 51.1 Å². The maximum atomic E-state index is 12.3. The minimum atomic E-state index is -4.76. The Morgan fingerprint density at radius 3 is 2.03 bits per heavy atom. The quantitative estimate of drug-likeness (QED) is 0.0584. The van der Waals surface area contributed by atoms with E-state index in [1.54, 1.807) is 19.1 Å². The van der Waals surface area contributed by atoms with Crippen LogP contribution in [0, 0.1) is 0 Å². The zero-order valence-corrected chi connectivity index (χ0v) is 21.1. The molecule has 192 valence electrons. The summed E-state index contributed by atoms with van der Waals surface area (Å²) in [6.45, 7) is 1.83. The van der Waals surface area contributed by atoms with E-state index in [1.807, 2.05) is 0 Å². The number of hydrogen-bond acceptors (Lipinski definition) is 10. The molecule has 0 amide bonds. The minimum absolute atomic E-state index is 0.0458. The fourth-order valence-electron chi connectivity index (χ4n) is 4.16. The standard InChI is InChI=1S/C22H20O11S3/c1-2-12(23)4-3-9-31-17-10-19(35(25,26)27)15-7-8-16-20(36(28,29)30)11-18(34-33-32-24)14-6-5-13(17)21(15)22(14)16/h5-8,10-11,24H,2-4,9H2,1H3,(H,25,26,27)(H,28,29,30). The van der Waals surface area contributed by atoms with Gasteiger partial charge in [0, 0.05) is 50.7 Å². The van der Waals surface area contributed by atoms with Crippen molar-refractivity contribution in [2.75, 3.05) is 6.61 Å². The normalized spacial score (nSPS) is 12.7. The van der Waals surface area contributed by atoms with Crippen molar-refractivity contribution < 1.29 is 50.1 Å². The first-order valence-electron chi connectivity index (χ1n) is 10.5. The van der Waals surface area contributed by atoms with E-state index in [4.69, 9.17) is 9.99 Å². The molecule has 36 heavy (non-hydrogen) atoms. The molecule has 3 N–H and O–H groups in total. The minimum Gasteiger partial charge on any atom is -0.493 e. The Kier molecular flexibility index (Phi) is 7.41. The molecule has 0 aliphatic heterocycles. The number of rotatable bonds is 11. The molecule has 4 rings (SSSR count). The number of carbonyl (C=O) groups is 1. The smallest absolute Gasteiger partial charge is 0.295 e. The molecule has 4 aromatic carbocycles. The lowest BCUT2D eigenvalue weighted by molar-refractivity contribution is -0.432. The van der Waals surface area contributed by atoms with Crippen LogP contribution >= 0.6 is 12.0 Å². The summed E-state index contributed by atoms with van der Waals surface area (Å²) in [6.07, 6.45) is 1.04. The van der Waals surface area contributed by atoms with Crippen LogP contribution in [-0.4, -0.2) is 43.6 Å². The summed E-state index contributed by atoms with van der Waals surface area (Å²) in [7, 11) is -9.50. The van der Waals surface area contributed by atoms with Crippen molar-refractivity contribution in [1.82, 2.24) is 0 Å². The molecule has 11 nitrogen and oxygen atoms in total. The van der Waals surface area contributed by atoms with Crippen LogP contribution in [0.5, 0.6) is 5.75 Å². The first-order valence-corrected chi connectivity index (χ1v) is 14.1. The van der Waals surface area contributed by atoms with Gasteiger partial charge in [0.2, 0.25) is 0 Å². The molecule has 0 unspecified atom stereocenters. The van der Waals surface area contributed by atoms with Crippen LogP contribution in [0.2, 0.25) is 0 Å². The lowest BCUT2D eigenvalue weighted by Gasteiger charge is -2.19. The molecule has 14 heteroatoms. The molecule has 0 fully saturated rings. The summed E-state index contributed by atoms with van der Waals surface area (Å²) >= 11 is 0.460. The van der Waals surface area contributed by atoms with Gasteiger partial charge in [-0.05, 0) is 23.9 Å². The zero-order valence-electron chi connectivity index (χ0n) is 18.6. The van der Waals surface area contributed by atoms with E-state index in [0.29, 0.717) is 35.7 Å². The van der Waals surface area contributed by atoms with Crippen molar-refractivity contribution in [2.45, 2.75) is 40.9 Å². The zero-order chi connectivity index (χ0) is 26.3. The Morgan fingerprint density at radius 2 is 1.44 bits per heavy atom. The molecule has 0 atom stereocenters. The van der Waals surface area contributed by atoms with Gasteiger partial charge >= 0.3 is 0 Å². The van der Waals surface area contributed by atoms with Gasteiger partial charge in [0.15, 0.2) is 0 Å². The van der Waals surface area contributed by atoms with Crippen molar-refractivity contribution in [3.63, 3.8) is 0 Å². The van der Waals surface area contributed by atoms with Crippen LogP contribution in [-0.2, 0) is 34.4 Å². The SMILES string of the molecule is CCC(=O)CCCOc1cc(S(=O)(=O)O)c2ccc3c(S(=O)(=O)O)cc(SOOO)c4ccc1c2c43. The van der Waals surface area contributed by atoms with Gasteiger partial charge in [-0.1, -0.05) is 30.2 Å². The van der Waals surface area contributed by atoms with E-state index in [-0.39, 0.29) is 51.0 Å². The molecule has 0 aromatic heterocycles. The summed E-state index contributed by atoms with van der Waals surface area (Å²) in [6, 6.07) is 8.14. The second kappa shape index (κ2) is 10.1. The van der Waals surface area contributed by atoms with Crippen molar-refractivity contribution >= 4 is 70.4 Å². The molecule has 0 aliphatic rings. The van der Waals surface area contributed by atoms with Gasteiger partial charge in [-0.25, -0.2) is 5.26 Å². The summed E-state index contributed by atoms with van der Waals surface area (Å²) < 4.78 is 79.0. The topological polar surface area (TPSA) is 174 Å². The number of hydrogen-bond donors (Lipinski definition) is 3. The van der Waals surface area contributed by atoms with Crippen molar-refractivity contribution in [3.05, 3.63) is 36.4 Å². The van der Waals surface area contributed by atoms with Gasteiger partial charge in [-0.15, -0.1) is 4.33 Å². The van der Waals surface area contributed by atoms with E-state index in [0.717, 1.165) is 6.07 Å². The van der Waals surface area contributed by atoms with E-state index in [2.05, 4.69) is 9.37 Å². The Morgan fingerprint density at radius 1 is 0.889 bits per heavy atom. The third kappa shape index (κ3) is 4.99. The van der Waals surface area contributed by atoms with Gasteiger partial charge in [0.05, 0.1) is 18.6 Å². The molecular weight excluding hydrogens is 536 g/mol. The van der Waals surface area contributed by atoms with Crippen LogP contribution < -0.4 is 4.74 Å².